The normalized spacial score (nSPS) is 13.1. The SMILES string of the molecule is CCCCc1ccc(N(c2ccccc2)c2cc3c(c4ccccc24)-c2ccc(-n4c5ccccc5c5cc(CCCC)ccc54)cc2C3(C)C)cc1. The zero-order chi connectivity index (χ0) is 36.1. The molecule has 1 aliphatic rings. The fraction of sp³-hybridized carbons (Fsp3) is 0.216. The van der Waals surface area contributed by atoms with E-state index in [0.29, 0.717) is 0 Å². The molecule has 0 aliphatic heterocycles. The summed E-state index contributed by atoms with van der Waals surface area (Å²) in [5.74, 6) is 0. The molecule has 7 aromatic carbocycles. The highest BCUT2D eigenvalue weighted by atomic mass is 15.1. The quantitative estimate of drug-likeness (QED) is 0.139. The Morgan fingerprint density at radius 1 is 0.509 bits per heavy atom. The molecular formula is C51H48N2. The Morgan fingerprint density at radius 2 is 1.13 bits per heavy atom. The number of anilines is 3. The highest BCUT2D eigenvalue weighted by Crippen LogP contribution is 2.55. The van der Waals surface area contributed by atoms with Crippen LogP contribution in [0.2, 0.25) is 0 Å². The van der Waals surface area contributed by atoms with Crippen molar-refractivity contribution in [2.45, 2.75) is 71.6 Å². The molecule has 0 N–H and O–H groups in total. The highest BCUT2D eigenvalue weighted by molar-refractivity contribution is 6.11. The van der Waals surface area contributed by atoms with E-state index in [9.17, 15) is 0 Å². The van der Waals surface area contributed by atoms with Crippen molar-refractivity contribution in [1.82, 2.24) is 4.57 Å². The van der Waals surface area contributed by atoms with E-state index in [2.05, 4.69) is 183 Å². The first-order valence-electron chi connectivity index (χ1n) is 19.7. The second kappa shape index (κ2) is 13.4. The minimum Gasteiger partial charge on any atom is -0.310 e. The molecule has 1 aromatic heterocycles. The van der Waals surface area contributed by atoms with Crippen molar-refractivity contribution >= 4 is 49.6 Å². The number of aryl methyl sites for hydroxylation is 2. The van der Waals surface area contributed by atoms with Gasteiger partial charge in [-0.15, -0.1) is 0 Å². The number of unbranched alkanes of at least 4 members (excludes halogenated alkanes) is 2. The molecule has 0 bridgehead atoms. The molecule has 0 spiro atoms. The van der Waals surface area contributed by atoms with E-state index in [1.54, 1.807) is 0 Å². The van der Waals surface area contributed by atoms with E-state index in [1.165, 1.54) is 114 Å². The van der Waals surface area contributed by atoms with Gasteiger partial charge in [0, 0.05) is 38.6 Å². The first-order valence-corrected chi connectivity index (χ1v) is 19.7. The van der Waals surface area contributed by atoms with Crippen LogP contribution in [0.3, 0.4) is 0 Å². The maximum Gasteiger partial charge on any atom is 0.0543 e. The van der Waals surface area contributed by atoms with Gasteiger partial charge in [-0.25, -0.2) is 0 Å². The second-order valence-electron chi connectivity index (χ2n) is 15.5. The molecule has 2 heteroatoms. The summed E-state index contributed by atoms with van der Waals surface area (Å²) in [6.07, 6.45) is 7.09. The van der Waals surface area contributed by atoms with E-state index >= 15 is 0 Å². The summed E-state index contributed by atoms with van der Waals surface area (Å²) in [6, 6.07) is 54.9. The lowest BCUT2D eigenvalue weighted by Gasteiger charge is -2.30. The second-order valence-corrected chi connectivity index (χ2v) is 15.5. The smallest absolute Gasteiger partial charge is 0.0543 e. The lowest BCUT2D eigenvalue weighted by molar-refractivity contribution is 0.660. The summed E-state index contributed by atoms with van der Waals surface area (Å²) in [5.41, 5.74) is 15.4. The van der Waals surface area contributed by atoms with E-state index in [0.717, 1.165) is 12.8 Å². The van der Waals surface area contributed by atoms with Gasteiger partial charge >= 0.3 is 0 Å². The van der Waals surface area contributed by atoms with Gasteiger partial charge in [-0.3, -0.25) is 0 Å². The molecule has 9 rings (SSSR count). The van der Waals surface area contributed by atoms with Gasteiger partial charge in [0.25, 0.3) is 0 Å². The standard InChI is InChI=1S/C51H48N2/c1-5-7-16-35-24-27-38(28-25-35)52(37-18-10-9-11-19-37)49-34-46-50(42-22-13-12-20-40(42)49)43-30-29-39(33-45(43)51(46,3)4)53-47-23-15-14-21-41(47)44-32-36(17-8-6-2)26-31-48(44)53/h9-15,18-34H,5-8,16-17H2,1-4H3. The summed E-state index contributed by atoms with van der Waals surface area (Å²) in [7, 11) is 0. The summed E-state index contributed by atoms with van der Waals surface area (Å²) >= 11 is 0. The summed E-state index contributed by atoms with van der Waals surface area (Å²) in [6.45, 7) is 9.37. The van der Waals surface area contributed by atoms with E-state index < -0.39 is 0 Å². The Hall–Kier alpha value is -5.60. The van der Waals surface area contributed by atoms with Crippen molar-refractivity contribution < 1.29 is 0 Å². The first kappa shape index (κ1) is 33.3. The Labute approximate surface area is 314 Å². The number of benzene rings is 7. The molecule has 0 unspecified atom stereocenters. The molecule has 0 atom stereocenters. The number of para-hydroxylation sites is 2. The van der Waals surface area contributed by atoms with Crippen LogP contribution in [0.4, 0.5) is 17.1 Å². The molecular weight excluding hydrogens is 641 g/mol. The van der Waals surface area contributed by atoms with Crippen LogP contribution in [-0.2, 0) is 18.3 Å². The van der Waals surface area contributed by atoms with Crippen LogP contribution >= 0.6 is 0 Å². The zero-order valence-electron chi connectivity index (χ0n) is 31.5. The number of hydrogen-bond donors (Lipinski definition) is 0. The fourth-order valence-corrected chi connectivity index (χ4v) is 8.91. The summed E-state index contributed by atoms with van der Waals surface area (Å²) < 4.78 is 2.48. The Bertz CT molecular complexity index is 2610. The third-order valence-corrected chi connectivity index (χ3v) is 11.7. The fourth-order valence-electron chi connectivity index (χ4n) is 8.91. The minimum absolute atomic E-state index is 0.210. The number of fused-ring (bicyclic) bond motifs is 8. The van der Waals surface area contributed by atoms with Crippen molar-refractivity contribution in [3.8, 4) is 16.8 Å². The van der Waals surface area contributed by atoms with Gasteiger partial charge in [-0.2, -0.15) is 0 Å². The lowest BCUT2D eigenvalue weighted by Crippen LogP contribution is -2.17. The number of rotatable bonds is 10. The topological polar surface area (TPSA) is 8.17 Å². The number of aromatic nitrogens is 1. The van der Waals surface area contributed by atoms with E-state index in [1.807, 2.05) is 0 Å². The molecule has 0 fully saturated rings. The predicted octanol–water partition coefficient (Wildman–Crippen LogP) is 14.4. The van der Waals surface area contributed by atoms with Crippen LogP contribution in [0.5, 0.6) is 0 Å². The number of nitrogens with zero attached hydrogens (tertiary/aromatic N) is 2. The van der Waals surface area contributed by atoms with Crippen LogP contribution in [-0.4, -0.2) is 4.57 Å². The average Bonchev–Trinajstić information content (AvgIpc) is 3.65. The van der Waals surface area contributed by atoms with Crippen molar-refractivity contribution in [3.63, 3.8) is 0 Å². The third-order valence-electron chi connectivity index (χ3n) is 11.7. The predicted molar refractivity (Wildman–Crippen MR) is 228 cm³/mol. The maximum absolute atomic E-state index is 2.49. The van der Waals surface area contributed by atoms with Gasteiger partial charge in [0.15, 0.2) is 0 Å². The molecule has 262 valence electrons. The van der Waals surface area contributed by atoms with Crippen LogP contribution in [0, 0.1) is 0 Å². The van der Waals surface area contributed by atoms with Crippen LogP contribution in [0.15, 0.2) is 146 Å². The van der Waals surface area contributed by atoms with Gasteiger partial charge in [-0.1, -0.05) is 125 Å². The number of hydrogen-bond acceptors (Lipinski definition) is 1. The van der Waals surface area contributed by atoms with Crippen LogP contribution in [0.1, 0.15) is 75.6 Å². The molecule has 0 radical (unpaired) electrons. The van der Waals surface area contributed by atoms with Gasteiger partial charge in [-0.05, 0) is 125 Å². The van der Waals surface area contributed by atoms with Gasteiger partial charge < -0.3 is 9.47 Å². The van der Waals surface area contributed by atoms with Crippen molar-refractivity contribution in [1.29, 1.82) is 0 Å². The van der Waals surface area contributed by atoms with Crippen molar-refractivity contribution in [2.24, 2.45) is 0 Å². The molecule has 0 saturated carbocycles. The summed E-state index contributed by atoms with van der Waals surface area (Å²) in [4.78, 5) is 2.46. The van der Waals surface area contributed by atoms with Crippen LogP contribution in [0.25, 0.3) is 49.4 Å². The minimum atomic E-state index is -0.210. The van der Waals surface area contributed by atoms with E-state index in [-0.39, 0.29) is 5.41 Å². The van der Waals surface area contributed by atoms with Gasteiger partial charge in [0.1, 0.15) is 0 Å². The molecule has 1 heterocycles. The highest BCUT2D eigenvalue weighted by Gasteiger charge is 2.38. The largest absolute Gasteiger partial charge is 0.310 e. The molecule has 1 aliphatic carbocycles. The Kier molecular flexibility index (Phi) is 8.42. The Morgan fingerprint density at radius 3 is 1.89 bits per heavy atom. The molecule has 0 saturated heterocycles. The van der Waals surface area contributed by atoms with Gasteiger partial charge in [0.05, 0.1) is 16.7 Å². The molecule has 53 heavy (non-hydrogen) atoms. The molecule has 2 nitrogen and oxygen atoms in total. The first-order chi connectivity index (χ1) is 26.0. The summed E-state index contributed by atoms with van der Waals surface area (Å²) in [5, 5.41) is 5.22. The van der Waals surface area contributed by atoms with Crippen LogP contribution < -0.4 is 4.90 Å². The Balaban J connectivity index is 1.22. The van der Waals surface area contributed by atoms with E-state index in [4.69, 9.17) is 0 Å². The van der Waals surface area contributed by atoms with Gasteiger partial charge in [0.2, 0.25) is 0 Å². The maximum atomic E-state index is 2.49. The van der Waals surface area contributed by atoms with Crippen molar-refractivity contribution in [3.05, 3.63) is 168 Å². The molecule has 8 aromatic rings. The third kappa shape index (κ3) is 5.55. The molecule has 0 amide bonds. The average molecular weight is 689 g/mol. The monoisotopic (exact) mass is 688 g/mol. The lowest BCUT2D eigenvalue weighted by atomic mass is 9.81. The van der Waals surface area contributed by atoms with Crippen molar-refractivity contribution in [2.75, 3.05) is 4.90 Å². The zero-order valence-corrected chi connectivity index (χ0v) is 31.5.